The Morgan fingerprint density at radius 3 is 2.50 bits per heavy atom. The molecule has 2 rings (SSSR count). The maximum atomic E-state index is 11.5. The van der Waals surface area contributed by atoms with Crippen molar-refractivity contribution in [2.45, 2.75) is 51.0 Å². The van der Waals surface area contributed by atoms with Crippen LogP contribution in [0.5, 0.6) is 0 Å². The van der Waals surface area contributed by atoms with Crippen molar-refractivity contribution in [3.63, 3.8) is 0 Å². The molecule has 1 atom stereocenters. The van der Waals surface area contributed by atoms with Crippen LogP contribution < -0.4 is 0 Å². The molecule has 0 aromatic carbocycles. The second-order valence-electron chi connectivity index (χ2n) is 4.86. The molecule has 2 aliphatic rings. The molecule has 1 heterocycles. The van der Waals surface area contributed by atoms with E-state index in [1.165, 1.54) is 0 Å². The molecule has 0 amide bonds. The molecule has 1 saturated heterocycles. The molecule has 4 heteroatoms. The summed E-state index contributed by atoms with van der Waals surface area (Å²) >= 11 is 0. The number of carbonyl (C=O) groups excluding carboxylic acids is 1. The van der Waals surface area contributed by atoms with Crippen molar-refractivity contribution in [2.24, 2.45) is 5.41 Å². The molecule has 4 nitrogen and oxygen atoms in total. The minimum absolute atomic E-state index is 0.188. The number of rotatable bonds is 2. The number of ether oxygens (including phenoxy) is 1. The average Bonchev–Trinajstić information content (AvgIpc) is 2.31. The molecular formula is C12H18O4. The molecule has 1 aliphatic heterocycles. The smallest absolute Gasteiger partial charge is 0.312 e. The van der Waals surface area contributed by atoms with Crippen molar-refractivity contribution in [2.75, 3.05) is 6.61 Å². The minimum atomic E-state index is -0.797. The van der Waals surface area contributed by atoms with Crippen molar-refractivity contribution < 1.29 is 19.4 Å². The van der Waals surface area contributed by atoms with Gasteiger partial charge in [0.25, 0.3) is 0 Å². The van der Waals surface area contributed by atoms with Crippen molar-refractivity contribution >= 4 is 11.8 Å². The molecule has 0 aromatic rings. The second-order valence-corrected chi connectivity index (χ2v) is 4.86. The largest absolute Gasteiger partial charge is 0.481 e. The summed E-state index contributed by atoms with van der Waals surface area (Å²) in [5, 5.41) is 9.44. The third-order valence-electron chi connectivity index (χ3n) is 3.92. The Morgan fingerprint density at radius 1 is 1.31 bits per heavy atom. The van der Waals surface area contributed by atoms with E-state index < -0.39 is 11.4 Å². The molecule has 1 aliphatic carbocycles. The molecule has 0 aromatic heterocycles. The van der Waals surface area contributed by atoms with Crippen LogP contribution in [-0.4, -0.2) is 29.6 Å². The Hall–Kier alpha value is -0.900. The lowest BCUT2D eigenvalue weighted by Crippen LogP contribution is -2.47. The number of carbonyl (C=O) groups is 2. The van der Waals surface area contributed by atoms with Gasteiger partial charge in [-0.1, -0.05) is 0 Å². The third-order valence-corrected chi connectivity index (χ3v) is 3.92. The summed E-state index contributed by atoms with van der Waals surface area (Å²) in [7, 11) is 0. The Balaban J connectivity index is 2.14. The molecule has 1 unspecified atom stereocenters. The van der Waals surface area contributed by atoms with Crippen molar-refractivity contribution in [1.29, 1.82) is 0 Å². The van der Waals surface area contributed by atoms with E-state index in [0.717, 1.165) is 19.3 Å². The number of aliphatic carboxylic acids is 1. The first-order valence-corrected chi connectivity index (χ1v) is 6.02. The molecule has 90 valence electrons. The summed E-state index contributed by atoms with van der Waals surface area (Å²) in [4.78, 5) is 22.7. The summed E-state index contributed by atoms with van der Waals surface area (Å²) in [5.74, 6) is -0.598. The van der Waals surface area contributed by atoms with Gasteiger partial charge in [0.05, 0.1) is 11.5 Å². The van der Waals surface area contributed by atoms with Gasteiger partial charge in [-0.25, -0.2) is 0 Å². The average molecular weight is 226 g/mol. The summed E-state index contributed by atoms with van der Waals surface area (Å²) < 4.78 is 5.63. The van der Waals surface area contributed by atoms with Crippen molar-refractivity contribution in [3.05, 3.63) is 0 Å². The van der Waals surface area contributed by atoms with Gasteiger partial charge in [0.1, 0.15) is 5.78 Å². The highest BCUT2D eigenvalue weighted by Gasteiger charge is 2.48. The van der Waals surface area contributed by atoms with E-state index in [-0.39, 0.29) is 11.9 Å². The van der Waals surface area contributed by atoms with Gasteiger partial charge < -0.3 is 9.84 Å². The fourth-order valence-corrected chi connectivity index (χ4v) is 2.83. The number of ketones is 1. The zero-order valence-electron chi connectivity index (χ0n) is 9.41. The molecular weight excluding hydrogens is 208 g/mol. The van der Waals surface area contributed by atoms with Crippen LogP contribution in [0.3, 0.4) is 0 Å². The maximum Gasteiger partial charge on any atom is 0.312 e. The van der Waals surface area contributed by atoms with Gasteiger partial charge in [-0.3, -0.25) is 9.59 Å². The Morgan fingerprint density at radius 2 is 2.00 bits per heavy atom. The fraction of sp³-hybridized carbons (Fsp3) is 0.833. The normalized spacial score (nSPS) is 30.0. The molecule has 1 N–H and O–H groups in total. The number of hydrogen-bond donors (Lipinski definition) is 1. The highest BCUT2D eigenvalue weighted by molar-refractivity contribution is 5.84. The van der Waals surface area contributed by atoms with Crippen LogP contribution in [0.1, 0.15) is 44.9 Å². The number of Topliss-reactive ketones (excluding diaryl/α,β-unsaturated/α-hetero) is 1. The zero-order valence-corrected chi connectivity index (χ0v) is 9.41. The first-order chi connectivity index (χ1) is 7.65. The van der Waals surface area contributed by atoms with Gasteiger partial charge in [-0.15, -0.1) is 0 Å². The third kappa shape index (κ3) is 1.98. The van der Waals surface area contributed by atoms with Crippen LogP contribution in [0.4, 0.5) is 0 Å². The fourth-order valence-electron chi connectivity index (χ4n) is 2.83. The van der Waals surface area contributed by atoms with Crippen LogP contribution in [0.15, 0.2) is 0 Å². The monoisotopic (exact) mass is 226 g/mol. The molecule has 2 fully saturated rings. The molecule has 1 saturated carbocycles. The van der Waals surface area contributed by atoms with Crippen LogP contribution in [-0.2, 0) is 14.3 Å². The zero-order chi connectivity index (χ0) is 11.6. The van der Waals surface area contributed by atoms with E-state index in [1.54, 1.807) is 0 Å². The molecule has 0 spiro atoms. The highest BCUT2D eigenvalue weighted by Crippen LogP contribution is 2.42. The number of carboxylic acid groups (broad SMARTS) is 1. The van der Waals surface area contributed by atoms with Gasteiger partial charge in [-0.2, -0.15) is 0 Å². The van der Waals surface area contributed by atoms with E-state index >= 15 is 0 Å². The first kappa shape index (κ1) is 11.6. The van der Waals surface area contributed by atoms with E-state index in [1.807, 2.05) is 0 Å². The van der Waals surface area contributed by atoms with E-state index in [0.29, 0.717) is 32.3 Å². The number of carboxylic acids is 1. The van der Waals surface area contributed by atoms with Gasteiger partial charge in [0, 0.05) is 19.4 Å². The highest BCUT2D eigenvalue weighted by atomic mass is 16.5. The minimum Gasteiger partial charge on any atom is -0.481 e. The van der Waals surface area contributed by atoms with Crippen LogP contribution in [0.2, 0.25) is 0 Å². The van der Waals surface area contributed by atoms with Gasteiger partial charge in [-0.05, 0) is 32.1 Å². The van der Waals surface area contributed by atoms with Crippen LogP contribution in [0, 0.1) is 5.41 Å². The lowest BCUT2D eigenvalue weighted by molar-refractivity contribution is -0.168. The quantitative estimate of drug-likeness (QED) is 0.779. The molecule has 16 heavy (non-hydrogen) atoms. The Kier molecular flexibility index (Phi) is 3.28. The summed E-state index contributed by atoms with van der Waals surface area (Å²) in [6.45, 7) is 0.660. The predicted molar refractivity (Wildman–Crippen MR) is 57.1 cm³/mol. The second kappa shape index (κ2) is 4.53. The summed E-state index contributed by atoms with van der Waals surface area (Å²) in [5.41, 5.74) is -0.797. The Labute approximate surface area is 95.0 Å². The summed E-state index contributed by atoms with van der Waals surface area (Å²) in [6.07, 6.45) is 4.38. The molecule has 0 radical (unpaired) electrons. The lowest BCUT2D eigenvalue weighted by Gasteiger charge is -2.41. The van der Waals surface area contributed by atoms with Crippen LogP contribution >= 0.6 is 0 Å². The van der Waals surface area contributed by atoms with Crippen molar-refractivity contribution in [1.82, 2.24) is 0 Å². The first-order valence-electron chi connectivity index (χ1n) is 6.02. The molecule has 0 bridgehead atoms. The number of hydrogen-bond acceptors (Lipinski definition) is 3. The van der Waals surface area contributed by atoms with Gasteiger partial charge in [0.2, 0.25) is 0 Å². The van der Waals surface area contributed by atoms with E-state index in [2.05, 4.69) is 0 Å². The van der Waals surface area contributed by atoms with E-state index in [9.17, 15) is 14.7 Å². The van der Waals surface area contributed by atoms with Crippen LogP contribution in [0.25, 0.3) is 0 Å². The SMILES string of the molecule is O=C1CCC(C(=O)O)(C2CCCCO2)CC1. The topological polar surface area (TPSA) is 63.6 Å². The lowest BCUT2D eigenvalue weighted by atomic mass is 9.68. The van der Waals surface area contributed by atoms with Gasteiger partial charge in [0.15, 0.2) is 0 Å². The summed E-state index contributed by atoms with van der Waals surface area (Å²) in [6, 6.07) is 0. The van der Waals surface area contributed by atoms with Gasteiger partial charge >= 0.3 is 5.97 Å². The standard InChI is InChI=1S/C12H18O4/c13-9-4-6-12(7-5-9,11(14)15)10-3-1-2-8-16-10/h10H,1-8H2,(H,14,15). The maximum absolute atomic E-state index is 11.5. The Bertz CT molecular complexity index is 281. The van der Waals surface area contributed by atoms with Crippen molar-refractivity contribution in [3.8, 4) is 0 Å². The predicted octanol–water partition coefficient (Wildman–Crippen LogP) is 1.77. The van der Waals surface area contributed by atoms with E-state index in [4.69, 9.17) is 4.74 Å².